The van der Waals surface area contributed by atoms with Gasteiger partial charge in [-0.15, -0.1) is 22.7 Å². The van der Waals surface area contributed by atoms with E-state index in [1.54, 1.807) is 17.9 Å². The van der Waals surface area contributed by atoms with Crippen molar-refractivity contribution in [3.8, 4) is 0 Å². The number of carbonyl (C=O) groups excluding carboxylic acids is 1. The Balaban J connectivity index is 1.95. The molecule has 0 fully saturated rings. The van der Waals surface area contributed by atoms with Crippen molar-refractivity contribution in [1.82, 2.24) is 9.97 Å². The van der Waals surface area contributed by atoms with Crippen molar-refractivity contribution in [2.24, 2.45) is 0 Å². The summed E-state index contributed by atoms with van der Waals surface area (Å²) in [5.74, 6) is 0.0193. The number of rotatable bonds is 4. The first-order valence-corrected chi connectivity index (χ1v) is 6.86. The Morgan fingerprint density at radius 3 is 2.88 bits per heavy atom. The third-order valence-corrected chi connectivity index (χ3v) is 4.08. The van der Waals surface area contributed by atoms with Crippen LogP contribution in [-0.4, -0.2) is 15.9 Å². The molecule has 0 saturated heterocycles. The summed E-state index contributed by atoms with van der Waals surface area (Å²) in [5.41, 5.74) is 1.72. The molecule has 2 aromatic rings. The van der Waals surface area contributed by atoms with Crippen LogP contribution >= 0.6 is 22.7 Å². The molecule has 0 saturated carbocycles. The highest BCUT2D eigenvalue weighted by molar-refractivity contribution is 7.13. The molecule has 0 N–H and O–H groups in total. The van der Waals surface area contributed by atoms with E-state index in [1.807, 2.05) is 13.8 Å². The number of thiazole rings is 2. The number of hydrogen-bond donors (Lipinski definition) is 0. The topological polar surface area (TPSA) is 52.1 Å². The fourth-order valence-corrected chi connectivity index (χ4v) is 2.49. The molecule has 2 aromatic heterocycles. The lowest BCUT2D eigenvalue weighted by atomic mass is 10.2. The largest absolute Gasteiger partial charge is 0.456 e. The second kappa shape index (κ2) is 5.37. The standard InChI is InChI=1S/C11H12N2O2S2/c1-7(2)10-13-4-9(17-10)11(14)15-5-8-3-12-6-16-8/h3-4,6-7H,5H2,1-2H3. The van der Waals surface area contributed by atoms with E-state index < -0.39 is 0 Å². The van der Waals surface area contributed by atoms with Crippen LogP contribution in [0, 0.1) is 0 Å². The number of ether oxygens (including phenoxy) is 1. The monoisotopic (exact) mass is 268 g/mol. The second-order valence-electron chi connectivity index (χ2n) is 3.76. The zero-order chi connectivity index (χ0) is 12.3. The quantitative estimate of drug-likeness (QED) is 0.800. The van der Waals surface area contributed by atoms with Gasteiger partial charge in [0.25, 0.3) is 0 Å². The minimum absolute atomic E-state index is 0.276. The molecule has 90 valence electrons. The average molecular weight is 268 g/mol. The third kappa shape index (κ3) is 3.10. The fourth-order valence-electron chi connectivity index (χ4n) is 1.17. The van der Waals surface area contributed by atoms with Crippen LogP contribution in [0.5, 0.6) is 0 Å². The van der Waals surface area contributed by atoms with E-state index in [1.165, 1.54) is 22.7 Å². The van der Waals surface area contributed by atoms with Gasteiger partial charge < -0.3 is 4.74 Å². The van der Waals surface area contributed by atoms with Crippen molar-refractivity contribution >= 4 is 28.6 Å². The van der Waals surface area contributed by atoms with Crippen LogP contribution in [-0.2, 0) is 11.3 Å². The Kier molecular flexibility index (Phi) is 3.86. The number of hydrogen-bond acceptors (Lipinski definition) is 6. The maximum atomic E-state index is 11.7. The van der Waals surface area contributed by atoms with E-state index in [9.17, 15) is 4.79 Å². The molecule has 2 rings (SSSR count). The van der Waals surface area contributed by atoms with Gasteiger partial charge in [-0.1, -0.05) is 13.8 Å². The summed E-state index contributed by atoms with van der Waals surface area (Å²) >= 11 is 2.86. The smallest absolute Gasteiger partial charge is 0.350 e. The van der Waals surface area contributed by atoms with Crippen LogP contribution < -0.4 is 0 Å². The Hall–Kier alpha value is -1.27. The minimum atomic E-state index is -0.317. The van der Waals surface area contributed by atoms with Gasteiger partial charge in [0.15, 0.2) is 0 Å². The molecule has 0 aliphatic heterocycles. The zero-order valence-electron chi connectivity index (χ0n) is 9.54. The first kappa shape index (κ1) is 12.2. The molecule has 0 aliphatic rings. The van der Waals surface area contributed by atoms with E-state index in [2.05, 4.69) is 9.97 Å². The van der Waals surface area contributed by atoms with E-state index >= 15 is 0 Å². The molecule has 6 heteroatoms. The Morgan fingerprint density at radius 2 is 2.29 bits per heavy atom. The number of carbonyl (C=O) groups is 1. The van der Waals surface area contributed by atoms with Crippen LogP contribution in [0.2, 0.25) is 0 Å². The van der Waals surface area contributed by atoms with Gasteiger partial charge in [0, 0.05) is 12.1 Å². The second-order valence-corrected chi connectivity index (χ2v) is 5.79. The molecule has 0 amide bonds. The lowest BCUT2D eigenvalue weighted by Crippen LogP contribution is -2.02. The molecule has 0 aliphatic carbocycles. The molecule has 0 bridgehead atoms. The maximum Gasteiger partial charge on any atom is 0.350 e. The highest BCUT2D eigenvalue weighted by atomic mass is 32.1. The van der Waals surface area contributed by atoms with Gasteiger partial charge in [0.1, 0.15) is 11.5 Å². The van der Waals surface area contributed by atoms with E-state index in [-0.39, 0.29) is 12.6 Å². The summed E-state index contributed by atoms with van der Waals surface area (Å²) in [6.45, 7) is 4.37. The summed E-state index contributed by atoms with van der Waals surface area (Å²) in [5, 5.41) is 0.953. The first-order chi connectivity index (χ1) is 8.16. The van der Waals surface area contributed by atoms with Crippen molar-refractivity contribution in [3.63, 3.8) is 0 Å². The highest BCUT2D eigenvalue weighted by Gasteiger charge is 2.13. The molecule has 0 atom stereocenters. The highest BCUT2D eigenvalue weighted by Crippen LogP contribution is 2.22. The molecule has 0 spiro atoms. The van der Waals surface area contributed by atoms with Gasteiger partial charge >= 0.3 is 5.97 Å². The van der Waals surface area contributed by atoms with Crippen molar-refractivity contribution in [3.05, 3.63) is 32.7 Å². The Morgan fingerprint density at radius 1 is 1.47 bits per heavy atom. The molecule has 4 nitrogen and oxygen atoms in total. The predicted molar refractivity (Wildman–Crippen MR) is 67.4 cm³/mol. The number of aromatic nitrogens is 2. The van der Waals surface area contributed by atoms with Gasteiger partial charge in [-0.2, -0.15) is 0 Å². The van der Waals surface area contributed by atoms with Crippen molar-refractivity contribution in [1.29, 1.82) is 0 Å². The van der Waals surface area contributed by atoms with Crippen molar-refractivity contribution in [2.45, 2.75) is 26.4 Å². The van der Waals surface area contributed by atoms with Crippen LogP contribution in [0.1, 0.15) is 39.3 Å². The van der Waals surface area contributed by atoms with Crippen LogP contribution in [0.4, 0.5) is 0 Å². The Labute approximate surface area is 107 Å². The van der Waals surface area contributed by atoms with Gasteiger partial charge in [-0.05, 0) is 0 Å². The molecule has 0 unspecified atom stereocenters. The maximum absolute atomic E-state index is 11.7. The summed E-state index contributed by atoms with van der Waals surface area (Å²) < 4.78 is 5.17. The molecular formula is C11H12N2O2S2. The number of esters is 1. The van der Waals surface area contributed by atoms with Gasteiger partial charge in [-0.25, -0.2) is 9.78 Å². The molecule has 0 radical (unpaired) electrons. The van der Waals surface area contributed by atoms with Crippen molar-refractivity contribution in [2.75, 3.05) is 0 Å². The SMILES string of the molecule is CC(C)c1ncc(C(=O)OCc2cncs2)s1. The van der Waals surface area contributed by atoms with Crippen molar-refractivity contribution < 1.29 is 9.53 Å². The fraction of sp³-hybridized carbons (Fsp3) is 0.364. The molecule has 0 aromatic carbocycles. The minimum Gasteiger partial charge on any atom is -0.456 e. The molecular weight excluding hydrogens is 256 g/mol. The summed E-state index contributed by atoms with van der Waals surface area (Å²) in [6, 6.07) is 0. The average Bonchev–Trinajstić information content (AvgIpc) is 2.96. The lowest BCUT2D eigenvalue weighted by molar-refractivity contribution is 0.0482. The summed E-state index contributed by atoms with van der Waals surface area (Å²) in [6.07, 6.45) is 3.28. The Bertz CT molecular complexity index is 491. The third-order valence-electron chi connectivity index (χ3n) is 2.05. The normalized spacial score (nSPS) is 10.8. The number of nitrogens with zero attached hydrogens (tertiary/aromatic N) is 2. The van der Waals surface area contributed by atoms with Crippen LogP contribution in [0.25, 0.3) is 0 Å². The van der Waals surface area contributed by atoms with Gasteiger partial charge in [0.2, 0.25) is 0 Å². The van der Waals surface area contributed by atoms with E-state index in [0.29, 0.717) is 10.8 Å². The van der Waals surface area contributed by atoms with Crippen LogP contribution in [0.3, 0.4) is 0 Å². The van der Waals surface area contributed by atoms with E-state index in [4.69, 9.17) is 4.74 Å². The molecule has 2 heterocycles. The predicted octanol–water partition coefficient (Wildman–Crippen LogP) is 3.08. The van der Waals surface area contributed by atoms with Gasteiger partial charge in [-0.3, -0.25) is 4.98 Å². The first-order valence-electron chi connectivity index (χ1n) is 5.17. The zero-order valence-corrected chi connectivity index (χ0v) is 11.2. The van der Waals surface area contributed by atoms with Crippen LogP contribution in [0.15, 0.2) is 17.9 Å². The van der Waals surface area contributed by atoms with Gasteiger partial charge in [0.05, 0.1) is 21.6 Å². The summed E-state index contributed by atoms with van der Waals surface area (Å²) in [4.78, 5) is 21.3. The molecule has 17 heavy (non-hydrogen) atoms. The lowest BCUT2D eigenvalue weighted by Gasteiger charge is -1.99. The summed E-state index contributed by atoms with van der Waals surface area (Å²) in [7, 11) is 0. The van der Waals surface area contributed by atoms with E-state index in [0.717, 1.165) is 9.88 Å².